The predicted molar refractivity (Wildman–Crippen MR) is 121 cm³/mol. The Morgan fingerprint density at radius 1 is 1.12 bits per heavy atom. The molecule has 5 rings (SSSR count). The minimum absolute atomic E-state index is 0.202. The largest absolute Gasteiger partial charge is 0.496 e. The van der Waals surface area contributed by atoms with Gasteiger partial charge in [-0.1, -0.05) is 18.2 Å². The molecule has 1 saturated heterocycles. The summed E-state index contributed by atoms with van der Waals surface area (Å²) in [6.45, 7) is -0.218. The number of carboxylic acids is 1. The molecule has 0 aliphatic carbocycles. The highest BCUT2D eigenvalue weighted by molar-refractivity contribution is 5.97. The van der Waals surface area contributed by atoms with Crippen LogP contribution in [0.4, 0.5) is 0 Å². The summed E-state index contributed by atoms with van der Waals surface area (Å²) in [7, 11) is 1.54. The van der Waals surface area contributed by atoms with Gasteiger partial charge in [-0.3, -0.25) is 14.6 Å². The molecule has 34 heavy (non-hydrogen) atoms. The van der Waals surface area contributed by atoms with E-state index in [1.165, 1.54) is 24.4 Å². The second-order valence-corrected chi connectivity index (χ2v) is 8.48. The molecule has 1 aromatic carbocycles. The number of aromatic nitrogens is 2. The second-order valence-electron chi connectivity index (χ2n) is 8.48. The third kappa shape index (κ3) is 3.19. The van der Waals surface area contributed by atoms with E-state index in [0.717, 1.165) is 0 Å². The van der Waals surface area contributed by atoms with E-state index in [9.17, 15) is 24.6 Å². The van der Waals surface area contributed by atoms with Gasteiger partial charge in [-0.25, -0.2) is 4.79 Å². The van der Waals surface area contributed by atoms with Crippen LogP contribution in [0.1, 0.15) is 22.1 Å². The maximum Gasteiger partial charge on any atom is 0.326 e. The maximum absolute atomic E-state index is 13.5. The lowest BCUT2D eigenvalue weighted by molar-refractivity contribution is -0.143. The first-order chi connectivity index (χ1) is 16.5. The number of aliphatic hydroxyl groups is 1. The summed E-state index contributed by atoms with van der Waals surface area (Å²) in [5.41, 5.74) is 1.63. The summed E-state index contributed by atoms with van der Waals surface area (Å²) in [6.07, 6.45) is 2.91. The van der Waals surface area contributed by atoms with Crippen LogP contribution in [0.15, 0.2) is 65.7 Å². The van der Waals surface area contributed by atoms with Crippen molar-refractivity contribution < 1.29 is 24.5 Å². The number of fused-ring (bicyclic) bond motifs is 3. The fourth-order valence-corrected chi connectivity index (χ4v) is 5.40. The summed E-state index contributed by atoms with van der Waals surface area (Å²) in [5.74, 6) is -2.28. The Labute approximate surface area is 194 Å². The molecule has 3 aromatic rings. The number of nitrogens with zero attached hydrogens (tertiary/aromatic N) is 3. The molecule has 1 amide bonds. The van der Waals surface area contributed by atoms with Gasteiger partial charge in [-0.2, -0.15) is 0 Å². The van der Waals surface area contributed by atoms with E-state index < -0.39 is 42.4 Å². The first-order valence-electron chi connectivity index (χ1n) is 10.9. The van der Waals surface area contributed by atoms with Gasteiger partial charge >= 0.3 is 5.97 Å². The van der Waals surface area contributed by atoms with Crippen LogP contribution in [-0.2, 0) is 11.3 Å². The van der Waals surface area contributed by atoms with Crippen LogP contribution in [0.5, 0.6) is 5.75 Å². The van der Waals surface area contributed by atoms with Crippen LogP contribution < -0.4 is 10.3 Å². The molecular formula is C25H23N3O6. The Morgan fingerprint density at radius 3 is 2.59 bits per heavy atom. The highest BCUT2D eigenvalue weighted by atomic mass is 16.5. The minimum atomic E-state index is -1.22. The third-order valence-corrected chi connectivity index (χ3v) is 6.87. The number of aliphatic hydroxyl groups excluding tert-OH is 1. The predicted octanol–water partition coefficient (Wildman–Crippen LogP) is 1.81. The number of methoxy groups -OCH3 is 1. The zero-order valence-electron chi connectivity index (χ0n) is 18.4. The first kappa shape index (κ1) is 21.8. The normalized spacial score (nSPS) is 22.8. The summed E-state index contributed by atoms with van der Waals surface area (Å²) in [5, 5.41) is 20.1. The fraction of sp³-hybridized carbons (Fsp3) is 0.280. The molecule has 9 heteroatoms. The molecule has 0 bridgehead atoms. The van der Waals surface area contributed by atoms with Crippen LogP contribution >= 0.6 is 0 Å². The summed E-state index contributed by atoms with van der Waals surface area (Å²) < 4.78 is 7.00. The van der Waals surface area contributed by atoms with Crippen molar-refractivity contribution in [3.63, 3.8) is 0 Å². The number of ether oxygens (including phenoxy) is 1. The van der Waals surface area contributed by atoms with Crippen molar-refractivity contribution >= 4 is 11.9 Å². The van der Waals surface area contributed by atoms with Gasteiger partial charge in [-0.15, -0.1) is 0 Å². The van der Waals surface area contributed by atoms with Crippen molar-refractivity contribution in [1.82, 2.24) is 14.5 Å². The third-order valence-electron chi connectivity index (χ3n) is 6.87. The van der Waals surface area contributed by atoms with E-state index in [1.807, 2.05) is 12.1 Å². The molecular weight excluding hydrogens is 438 g/mol. The topological polar surface area (TPSA) is 122 Å². The lowest BCUT2D eigenvalue weighted by Crippen LogP contribution is -2.45. The summed E-state index contributed by atoms with van der Waals surface area (Å²) in [6, 6.07) is 11.9. The van der Waals surface area contributed by atoms with Crippen molar-refractivity contribution in [3.05, 3.63) is 82.5 Å². The number of carbonyl (C=O) groups excluding carboxylic acids is 1. The van der Waals surface area contributed by atoms with Gasteiger partial charge in [0, 0.05) is 48.6 Å². The number of carboxylic acid groups (broad SMARTS) is 1. The molecule has 2 aromatic heterocycles. The number of likely N-dealkylation sites (tertiary alicyclic amines) is 1. The van der Waals surface area contributed by atoms with Crippen LogP contribution in [-0.4, -0.2) is 56.3 Å². The van der Waals surface area contributed by atoms with Gasteiger partial charge in [0.15, 0.2) is 0 Å². The SMILES string of the molecule is COc1ccccc1-c1ccc2n(c1=O)C[C@H]1[C@H](CO)[C@@H](C(=O)O)N(C(=O)c3cccnc3)[C@@H]21. The minimum Gasteiger partial charge on any atom is -0.496 e. The van der Waals surface area contributed by atoms with Crippen molar-refractivity contribution in [3.8, 4) is 16.9 Å². The van der Waals surface area contributed by atoms with E-state index in [4.69, 9.17) is 4.74 Å². The number of rotatable bonds is 5. The van der Waals surface area contributed by atoms with Crippen molar-refractivity contribution in [2.45, 2.75) is 18.6 Å². The first-order valence-corrected chi connectivity index (χ1v) is 10.9. The molecule has 0 saturated carbocycles. The van der Waals surface area contributed by atoms with E-state index in [2.05, 4.69) is 4.98 Å². The monoisotopic (exact) mass is 461 g/mol. The van der Waals surface area contributed by atoms with E-state index in [1.54, 1.807) is 41.0 Å². The molecule has 4 heterocycles. The average Bonchev–Trinajstić information content (AvgIpc) is 3.39. The molecule has 174 valence electrons. The van der Waals surface area contributed by atoms with Gasteiger partial charge in [0.05, 0.1) is 24.3 Å². The standard InChI is InChI=1S/C25H23N3O6/c1-34-20-7-3-2-6-15(20)16-8-9-19-21-17(12-27(19)24(16)31)18(13-29)22(25(32)33)28(21)23(30)14-5-4-10-26-11-14/h2-11,17-18,21-22,29H,12-13H2,1H3,(H,32,33)/t17-,18-,21+,22-/m0/s1. The van der Waals surface area contributed by atoms with Crippen LogP contribution in [0.25, 0.3) is 11.1 Å². The number of para-hydroxylation sites is 1. The number of hydrogen-bond acceptors (Lipinski definition) is 6. The van der Waals surface area contributed by atoms with Crippen LogP contribution in [0.3, 0.4) is 0 Å². The Bertz CT molecular complexity index is 1320. The van der Waals surface area contributed by atoms with Gasteiger partial charge < -0.3 is 24.4 Å². The molecule has 2 aliphatic rings. The molecule has 9 nitrogen and oxygen atoms in total. The number of carbonyl (C=O) groups is 2. The lowest BCUT2D eigenvalue weighted by Gasteiger charge is -2.29. The Balaban J connectivity index is 1.64. The number of amides is 1. The maximum atomic E-state index is 13.5. The van der Waals surface area contributed by atoms with Crippen LogP contribution in [0.2, 0.25) is 0 Å². The number of pyridine rings is 2. The van der Waals surface area contributed by atoms with Crippen LogP contribution in [0, 0.1) is 11.8 Å². The van der Waals surface area contributed by atoms with Crippen molar-refractivity contribution in [2.24, 2.45) is 11.8 Å². The quantitative estimate of drug-likeness (QED) is 0.594. The summed E-state index contributed by atoms with van der Waals surface area (Å²) >= 11 is 0. The highest BCUT2D eigenvalue weighted by Crippen LogP contribution is 2.50. The Kier molecular flexibility index (Phi) is 5.41. The number of hydrogen-bond donors (Lipinski definition) is 2. The molecule has 4 atom stereocenters. The van der Waals surface area contributed by atoms with E-state index in [0.29, 0.717) is 22.6 Å². The zero-order chi connectivity index (χ0) is 24.0. The van der Waals surface area contributed by atoms with Gasteiger partial charge in [0.2, 0.25) is 0 Å². The number of aliphatic carboxylic acids is 1. The Morgan fingerprint density at radius 2 is 1.91 bits per heavy atom. The molecule has 1 fully saturated rings. The fourth-order valence-electron chi connectivity index (χ4n) is 5.40. The molecule has 0 unspecified atom stereocenters. The second kappa shape index (κ2) is 8.42. The lowest BCUT2D eigenvalue weighted by atomic mass is 9.88. The zero-order valence-corrected chi connectivity index (χ0v) is 18.4. The van der Waals surface area contributed by atoms with Gasteiger partial charge in [0.1, 0.15) is 11.8 Å². The van der Waals surface area contributed by atoms with Crippen molar-refractivity contribution in [1.29, 1.82) is 0 Å². The summed E-state index contributed by atoms with van der Waals surface area (Å²) in [4.78, 5) is 44.5. The average molecular weight is 461 g/mol. The molecule has 0 radical (unpaired) electrons. The van der Waals surface area contributed by atoms with E-state index >= 15 is 0 Å². The van der Waals surface area contributed by atoms with Gasteiger partial charge in [-0.05, 0) is 30.3 Å². The molecule has 2 N–H and O–H groups in total. The smallest absolute Gasteiger partial charge is 0.326 e. The van der Waals surface area contributed by atoms with Crippen molar-refractivity contribution in [2.75, 3.05) is 13.7 Å². The Hall–Kier alpha value is -3.98. The number of benzene rings is 1. The van der Waals surface area contributed by atoms with Gasteiger partial charge in [0.25, 0.3) is 11.5 Å². The molecule has 0 spiro atoms. The highest BCUT2D eigenvalue weighted by Gasteiger charge is 2.57. The molecule has 2 aliphatic heterocycles. The van der Waals surface area contributed by atoms with E-state index in [-0.39, 0.29) is 17.7 Å².